The Morgan fingerprint density at radius 1 is 1.03 bits per heavy atom. The molecule has 1 aliphatic heterocycles. The zero-order valence-corrected chi connectivity index (χ0v) is 20.0. The van der Waals surface area contributed by atoms with E-state index < -0.39 is 35.1 Å². The number of benzene rings is 3. The molecule has 0 aromatic heterocycles. The first-order valence-corrected chi connectivity index (χ1v) is 11.6. The van der Waals surface area contributed by atoms with Crippen molar-refractivity contribution in [2.45, 2.75) is 25.3 Å². The van der Waals surface area contributed by atoms with Crippen LogP contribution in [-0.2, 0) is 0 Å². The number of hydrogen-bond donors (Lipinski definition) is 1. The Morgan fingerprint density at radius 2 is 1.72 bits per heavy atom. The highest BCUT2D eigenvalue weighted by atomic mass is 19.1. The van der Waals surface area contributed by atoms with Crippen LogP contribution in [0.3, 0.4) is 0 Å². The summed E-state index contributed by atoms with van der Waals surface area (Å²) in [7, 11) is 1.91. The molecule has 7 heteroatoms. The molecule has 5 nitrogen and oxygen atoms in total. The molecule has 0 bridgehead atoms. The number of halogens is 2. The second-order valence-corrected chi connectivity index (χ2v) is 8.97. The van der Waals surface area contributed by atoms with E-state index in [9.17, 15) is 14.1 Å². The molecule has 1 N–H and O–H groups in total. The molecule has 0 aliphatic carbocycles. The van der Waals surface area contributed by atoms with Gasteiger partial charge in [-0.05, 0) is 64.9 Å². The van der Waals surface area contributed by atoms with Gasteiger partial charge in [-0.1, -0.05) is 59.8 Å². The van der Waals surface area contributed by atoms with Crippen molar-refractivity contribution in [3.05, 3.63) is 123 Å². The Labute approximate surface area is 208 Å². The Kier molecular flexibility index (Phi) is 7.38. The summed E-state index contributed by atoms with van der Waals surface area (Å²) in [5, 5.41) is 12.4. The van der Waals surface area contributed by atoms with E-state index in [-0.39, 0.29) is 6.42 Å². The van der Waals surface area contributed by atoms with Crippen LogP contribution < -0.4 is 0 Å². The maximum atomic E-state index is 15.6. The van der Waals surface area contributed by atoms with Crippen molar-refractivity contribution in [3.63, 3.8) is 0 Å². The first-order valence-electron chi connectivity index (χ1n) is 11.6. The van der Waals surface area contributed by atoms with E-state index in [0.717, 1.165) is 35.4 Å². The summed E-state index contributed by atoms with van der Waals surface area (Å²) >= 11 is 0. The van der Waals surface area contributed by atoms with Crippen LogP contribution in [0.25, 0.3) is 11.1 Å². The molecular formula is C29H26F2N2O3. The van der Waals surface area contributed by atoms with E-state index in [1.165, 1.54) is 12.1 Å². The van der Waals surface area contributed by atoms with Crippen molar-refractivity contribution in [2.75, 3.05) is 13.6 Å². The molecule has 0 radical (unpaired) electrons. The molecule has 0 spiro atoms. The molecule has 2 unspecified atom stereocenters. The van der Waals surface area contributed by atoms with E-state index in [1.807, 2.05) is 61.5 Å². The SMILES string of the molecule is Cc1ccccc1C(CC(N=O)C1=CN(C)CC=C1)c1ccc(-c2ccc(C(=O)O)c(F)c2)cc1F. The van der Waals surface area contributed by atoms with Crippen molar-refractivity contribution in [2.24, 2.45) is 5.18 Å². The Morgan fingerprint density at radius 3 is 2.33 bits per heavy atom. The minimum Gasteiger partial charge on any atom is -0.478 e. The van der Waals surface area contributed by atoms with E-state index in [2.05, 4.69) is 5.18 Å². The van der Waals surface area contributed by atoms with Gasteiger partial charge in [-0.2, -0.15) is 4.91 Å². The van der Waals surface area contributed by atoms with E-state index in [1.54, 1.807) is 12.1 Å². The van der Waals surface area contributed by atoms with Gasteiger partial charge in [0.1, 0.15) is 17.7 Å². The topological polar surface area (TPSA) is 70.0 Å². The average Bonchev–Trinajstić information content (AvgIpc) is 2.85. The highest BCUT2D eigenvalue weighted by molar-refractivity contribution is 5.88. The molecule has 1 aliphatic rings. The summed E-state index contributed by atoms with van der Waals surface area (Å²) in [5.74, 6) is -3.20. The molecule has 0 amide bonds. The molecule has 36 heavy (non-hydrogen) atoms. The van der Waals surface area contributed by atoms with Gasteiger partial charge in [0, 0.05) is 25.7 Å². The van der Waals surface area contributed by atoms with Gasteiger partial charge in [-0.25, -0.2) is 13.6 Å². The van der Waals surface area contributed by atoms with Gasteiger partial charge >= 0.3 is 5.97 Å². The summed E-state index contributed by atoms with van der Waals surface area (Å²) < 4.78 is 29.9. The van der Waals surface area contributed by atoms with E-state index in [0.29, 0.717) is 16.7 Å². The Hall–Kier alpha value is -4.13. The number of likely N-dealkylation sites (N-methyl/N-ethyl adjacent to an activating group) is 1. The molecule has 3 aromatic carbocycles. The molecule has 0 saturated carbocycles. The second kappa shape index (κ2) is 10.6. The van der Waals surface area contributed by atoms with Crippen LogP contribution in [0, 0.1) is 23.5 Å². The number of carbonyl (C=O) groups is 1. The molecule has 0 fully saturated rings. The standard InChI is InChI=1S/C29H26F2N2O3/c1-18-6-3-4-8-22(18)25(16-28(32-36)21-7-5-13-33(2)17-21)23-11-9-19(14-26(23)30)20-10-12-24(29(34)35)27(31)15-20/h3-12,14-15,17,25,28H,13,16H2,1-2H3,(H,34,35). The Bertz CT molecular complexity index is 1370. The van der Waals surface area contributed by atoms with Gasteiger partial charge < -0.3 is 10.0 Å². The number of nitrogens with zero attached hydrogens (tertiary/aromatic N) is 2. The van der Waals surface area contributed by atoms with Gasteiger partial charge in [0.2, 0.25) is 0 Å². The molecule has 2 atom stereocenters. The fourth-order valence-electron chi connectivity index (χ4n) is 4.62. The van der Waals surface area contributed by atoms with Crippen molar-refractivity contribution in [1.29, 1.82) is 0 Å². The number of carboxylic acids is 1. The van der Waals surface area contributed by atoms with Crippen LogP contribution in [0.1, 0.15) is 39.4 Å². The zero-order chi connectivity index (χ0) is 25.8. The summed E-state index contributed by atoms with van der Waals surface area (Å²) in [6.45, 7) is 2.68. The normalized spacial score (nSPS) is 14.8. The van der Waals surface area contributed by atoms with Crippen LogP contribution in [0.5, 0.6) is 0 Å². The molecule has 3 aromatic rings. The largest absolute Gasteiger partial charge is 0.478 e. The predicted molar refractivity (Wildman–Crippen MR) is 136 cm³/mol. The minimum atomic E-state index is -1.37. The van der Waals surface area contributed by atoms with Crippen LogP contribution in [0.15, 0.2) is 89.8 Å². The van der Waals surface area contributed by atoms with Gasteiger partial charge in [0.15, 0.2) is 0 Å². The minimum absolute atomic E-state index is 0.274. The molecule has 0 saturated heterocycles. The molecular weight excluding hydrogens is 462 g/mol. The number of nitroso groups, excluding NO2 is 1. The number of aryl methyl sites for hydroxylation is 1. The third kappa shape index (κ3) is 5.25. The lowest BCUT2D eigenvalue weighted by Gasteiger charge is -2.26. The fourth-order valence-corrected chi connectivity index (χ4v) is 4.62. The van der Waals surface area contributed by atoms with Crippen molar-refractivity contribution in [3.8, 4) is 11.1 Å². The maximum absolute atomic E-state index is 15.6. The lowest BCUT2D eigenvalue weighted by molar-refractivity contribution is 0.0692. The highest BCUT2D eigenvalue weighted by Crippen LogP contribution is 2.37. The quantitative estimate of drug-likeness (QED) is 0.359. The lowest BCUT2D eigenvalue weighted by atomic mass is 9.81. The monoisotopic (exact) mass is 488 g/mol. The average molecular weight is 489 g/mol. The molecule has 1 heterocycles. The third-order valence-corrected chi connectivity index (χ3v) is 6.52. The zero-order valence-electron chi connectivity index (χ0n) is 20.0. The lowest BCUT2D eigenvalue weighted by Crippen LogP contribution is -2.21. The Balaban J connectivity index is 1.74. The predicted octanol–water partition coefficient (Wildman–Crippen LogP) is 6.68. The van der Waals surface area contributed by atoms with Gasteiger partial charge in [-0.3, -0.25) is 0 Å². The second-order valence-electron chi connectivity index (χ2n) is 8.97. The van der Waals surface area contributed by atoms with Crippen LogP contribution in [0.4, 0.5) is 8.78 Å². The number of aromatic carboxylic acids is 1. The smallest absolute Gasteiger partial charge is 0.338 e. The van der Waals surface area contributed by atoms with E-state index >= 15 is 4.39 Å². The first kappa shape index (κ1) is 25.0. The number of rotatable bonds is 8. The highest BCUT2D eigenvalue weighted by Gasteiger charge is 2.27. The van der Waals surface area contributed by atoms with Crippen LogP contribution >= 0.6 is 0 Å². The summed E-state index contributed by atoms with van der Waals surface area (Å²) in [6.07, 6.45) is 6.00. The van der Waals surface area contributed by atoms with E-state index in [4.69, 9.17) is 5.11 Å². The maximum Gasteiger partial charge on any atom is 0.338 e. The third-order valence-electron chi connectivity index (χ3n) is 6.52. The summed E-state index contributed by atoms with van der Waals surface area (Å²) in [5.41, 5.74) is 3.36. The first-order chi connectivity index (χ1) is 17.3. The van der Waals surface area contributed by atoms with Crippen molar-refractivity contribution in [1.82, 2.24) is 4.90 Å². The van der Waals surface area contributed by atoms with Crippen LogP contribution in [0.2, 0.25) is 0 Å². The molecule has 4 rings (SSSR count). The van der Waals surface area contributed by atoms with Crippen molar-refractivity contribution >= 4 is 5.97 Å². The van der Waals surface area contributed by atoms with Crippen molar-refractivity contribution < 1.29 is 18.7 Å². The number of hydrogen-bond acceptors (Lipinski definition) is 4. The molecule has 184 valence electrons. The number of carboxylic acid groups (broad SMARTS) is 1. The van der Waals surface area contributed by atoms with Gasteiger partial charge in [0.25, 0.3) is 0 Å². The summed E-state index contributed by atoms with van der Waals surface area (Å²) in [4.78, 5) is 25.0. The van der Waals surface area contributed by atoms with Gasteiger partial charge in [-0.15, -0.1) is 0 Å². The summed E-state index contributed by atoms with van der Waals surface area (Å²) in [6, 6.07) is 15.3. The fraction of sp³-hybridized carbons (Fsp3) is 0.207. The van der Waals surface area contributed by atoms with Crippen LogP contribution in [-0.4, -0.2) is 35.6 Å². The van der Waals surface area contributed by atoms with Gasteiger partial charge in [0.05, 0.1) is 5.56 Å².